The summed E-state index contributed by atoms with van der Waals surface area (Å²) >= 11 is 0. The van der Waals surface area contributed by atoms with Gasteiger partial charge < -0.3 is 0 Å². The second kappa shape index (κ2) is 5.94. The molecule has 0 aromatic heterocycles. The van der Waals surface area contributed by atoms with Crippen molar-refractivity contribution < 1.29 is 4.79 Å². The Hall–Kier alpha value is -1.39. The fourth-order valence-electron chi connectivity index (χ4n) is 2.65. The lowest BCUT2D eigenvalue weighted by atomic mass is 10.1. The molecule has 4 nitrogen and oxygen atoms in total. The molecule has 108 valence electrons. The number of carbonyl (C=O) groups is 1. The molecule has 2 saturated carbocycles. The molecule has 0 unspecified atom stereocenters. The minimum Gasteiger partial charge on any atom is -0.296 e. The van der Waals surface area contributed by atoms with Crippen molar-refractivity contribution >= 4 is 5.91 Å². The zero-order chi connectivity index (χ0) is 13.9. The van der Waals surface area contributed by atoms with Crippen molar-refractivity contribution in [3.8, 4) is 0 Å². The minimum atomic E-state index is -0.147. The van der Waals surface area contributed by atoms with Crippen LogP contribution < -0.4 is 11.3 Å². The molecule has 2 aliphatic rings. The Morgan fingerprint density at radius 2 is 1.80 bits per heavy atom. The van der Waals surface area contributed by atoms with E-state index in [1.165, 1.54) is 37.8 Å². The maximum Gasteiger partial charge on any atom is 0.238 e. The maximum atomic E-state index is 11.2. The van der Waals surface area contributed by atoms with Gasteiger partial charge in [-0.05, 0) is 42.7 Å². The van der Waals surface area contributed by atoms with Gasteiger partial charge in [0.05, 0.1) is 6.42 Å². The number of nitrogens with zero attached hydrogens (tertiary/aromatic N) is 1. The highest BCUT2D eigenvalue weighted by Gasteiger charge is 2.33. The van der Waals surface area contributed by atoms with Gasteiger partial charge in [-0.3, -0.25) is 15.1 Å². The largest absolute Gasteiger partial charge is 0.296 e. The summed E-state index contributed by atoms with van der Waals surface area (Å²) in [6.07, 6.45) is 5.90. The molecule has 0 saturated heterocycles. The molecule has 3 rings (SSSR count). The first-order chi connectivity index (χ1) is 9.74. The van der Waals surface area contributed by atoms with Gasteiger partial charge in [0.15, 0.2) is 0 Å². The lowest BCUT2D eigenvalue weighted by molar-refractivity contribution is -0.120. The fourth-order valence-corrected chi connectivity index (χ4v) is 2.65. The predicted octanol–water partition coefficient (Wildman–Crippen LogP) is 1.59. The van der Waals surface area contributed by atoms with E-state index in [0.29, 0.717) is 6.42 Å². The third-order valence-electron chi connectivity index (χ3n) is 4.19. The minimum absolute atomic E-state index is 0.147. The van der Waals surface area contributed by atoms with Crippen molar-refractivity contribution in [3.05, 3.63) is 35.4 Å². The Kier molecular flexibility index (Phi) is 4.03. The fraction of sp³-hybridized carbons (Fsp3) is 0.562. The molecule has 3 N–H and O–H groups in total. The third kappa shape index (κ3) is 3.81. The molecule has 0 spiro atoms. The second-order valence-corrected chi connectivity index (χ2v) is 6.16. The SMILES string of the molecule is NNC(=O)Cc1ccc(CN(CC2CC2)C2CC2)cc1. The summed E-state index contributed by atoms with van der Waals surface area (Å²) in [6.45, 7) is 2.31. The topological polar surface area (TPSA) is 58.4 Å². The zero-order valence-corrected chi connectivity index (χ0v) is 11.8. The van der Waals surface area contributed by atoms with Crippen molar-refractivity contribution in [2.75, 3.05) is 6.54 Å². The number of carbonyl (C=O) groups excluding carboxylic acids is 1. The van der Waals surface area contributed by atoms with E-state index in [0.717, 1.165) is 24.1 Å². The number of hydrazine groups is 1. The second-order valence-electron chi connectivity index (χ2n) is 6.16. The van der Waals surface area contributed by atoms with Gasteiger partial charge in [0.25, 0.3) is 0 Å². The summed E-state index contributed by atoms with van der Waals surface area (Å²) in [4.78, 5) is 13.9. The molecule has 4 heteroatoms. The molecular weight excluding hydrogens is 250 g/mol. The van der Waals surface area contributed by atoms with E-state index >= 15 is 0 Å². The predicted molar refractivity (Wildman–Crippen MR) is 78.6 cm³/mol. The summed E-state index contributed by atoms with van der Waals surface area (Å²) in [6, 6.07) is 9.17. The number of nitrogens with two attached hydrogens (primary N) is 1. The number of nitrogens with one attached hydrogen (secondary N) is 1. The van der Waals surface area contributed by atoms with Gasteiger partial charge in [-0.1, -0.05) is 24.3 Å². The van der Waals surface area contributed by atoms with Gasteiger partial charge in [-0.25, -0.2) is 5.84 Å². The van der Waals surface area contributed by atoms with Crippen LogP contribution in [0.2, 0.25) is 0 Å². The lowest BCUT2D eigenvalue weighted by Gasteiger charge is -2.22. The zero-order valence-electron chi connectivity index (χ0n) is 11.8. The van der Waals surface area contributed by atoms with E-state index in [2.05, 4.69) is 22.5 Å². The summed E-state index contributed by atoms with van der Waals surface area (Å²) in [5.74, 6) is 5.90. The first-order valence-corrected chi connectivity index (χ1v) is 7.56. The molecular formula is C16H23N3O. The van der Waals surface area contributed by atoms with Crippen LogP contribution in [0.15, 0.2) is 24.3 Å². The molecule has 1 aromatic rings. The molecule has 2 aliphatic carbocycles. The molecule has 2 fully saturated rings. The van der Waals surface area contributed by atoms with E-state index in [1.807, 2.05) is 12.1 Å². The lowest BCUT2D eigenvalue weighted by Crippen LogP contribution is -2.31. The normalized spacial score (nSPS) is 18.3. The highest BCUT2D eigenvalue weighted by atomic mass is 16.2. The van der Waals surface area contributed by atoms with E-state index < -0.39 is 0 Å². The van der Waals surface area contributed by atoms with Gasteiger partial charge in [-0.2, -0.15) is 0 Å². The van der Waals surface area contributed by atoms with E-state index in [9.17, 15) is 4.79 Å². The molecule has 1 amide bonds. The van der Waals surface area contributed by atoms with Gasteiger partial charge >= 0.3 is 0 Å². The Balaban J connectivity index is 1.57. The molecule has 0 aliphatic heterocycles. The summed E-state index contributed by atoms with van der Waals surface area (Å²) in [7, 11) is 0. The van der Waals surface area contributed by atoms with Crippen molar-refractivity contribution in [3.63, 3.8) is 0 Å². The van der Waals surface area contributed by atoms with Crippen molar-refractivity contribution in [1.82, 2.24) is 10.3 Å². The van der Waals surface area contributed by atoms with Crippen LogP contribution in [0.5, 0.6) is 0 Å². The van der Waals surface area contributed by atoms with Crippen LogP contribution in [0, 0.1) is 5.92 Å². The van der Waals surface area contributed by atoms with Crippen LogP contribution in [-0.2, 0) is 17.8 Å². The Bertz CT molecular complexity index is 463. The molecule has 20 heavy (non-hydrogen) atoms. The molecule has 0 heterocycles. The summed E-state index contributed by atoms with van der Waals surface area (Å²) in [5.41, 5.74) is 4.52. The van der Waals surface area contributed by atoms with Crippen LogP contribution >= 0.6 is 0 Å². The van der Waals surface area contributed by atoms with E-state index in [1.54, 1.807) is 0 Å². The number of amides is 1. The number of benzene rings is 1. The highest BCUT2D eigenvalue weighted by molar-refractivity contribution is 5.77. The van der Waals surface area contributed by atoms with Crippen LogP contribution in [-0.4, -0.2) is 23.4 Å². The first-order valence-electron chi connectivity index (χ1n) is 7.56. The van der Waals surface area contributed by atoms with Crippen LogP contribution in [0.4, 0.5) is 0 Å². The molecule has 0 atom stereocenters. The number of hydrogen-bond donors (Lipinski definition) is 2. The Morgan fingerprint density at radius 1 is 1.15 bits per heavy atom. The van der Waals surface area contributed by atoms with Crippen molar-refractivity contribution in [2.45, 2.75) is 44.7 Å². The quantitative estimate of drug-likeness (QED) is 0.450. The average molecular weight is 273 g/mol. The van der Waals surface area contributed by atoms with Crippen LogP contribution in [0.1, 0.15) is 36.8 Å². The standard InChI is InChI=1S/C16H23N3O/c17-18-16(20)9-12-1-3-13(4-2-12)10-19(15-7-8-15)11-14-5-6-14/h1-4,14-15H,5-11,17H2,(H,18,20). The first kappa shape index (κ1) is 13.6. The van der Waals surface area contributed by atoms with Gasteiger partial charge in [0, 0.05) is 19.1 Å². The van der Waals surface area contributed by atoms with Crippen LogP contribution in [0.25, 0.3) is 0 Å². The maximum absolute atomic E-state index is 11.2. The number of hydrogen-bond acceptors (Lipinski definition) is 3. The molecule has 0 radical (unpaired) electrons. The Labute approximate surface area is 120 Å². The molecule has 1 aromatic carbocycles. The average Bonchev–Trinajstić information content (AvgIpc) is 3.33. The smallest absolute Gasteiger partial charge is 0.238 e. The van der Waals surface area contributed by atoms with Crippen LogP contribution in [0.3, 0.4) is 0 Å². The van der Waals surface area contributed by atoms with Gasteiger partial charge in [0.2, 0.25) is 5.91 Å². The third-order valence-corrected chi connectivity index (χ3v) is 4.19. The summed E-state index contributed by atoms with van der Waals surface area (Å²) < 4.78 is 0. The van der Waals surface area contributed by atoms with Gasteiger partial charge in [0.1, 0.15) is 0 Å². The van der Waals surface area contributed by atoms with Gasteiger partial charge in [-0.15, -0.1) is 0 Å². The van der Waals surface area contributed by atoms with Crippen molar-refractivity contribution in [1.29, 1.82) is 0 Å². The number of rotatable bonds is 7. The van der Waals surface area contributed by atoms with E-state index in [-0.39, 0.29) is 5.91 Å². The highest BCUT2D eigenvalue weighted by Crippen LogP contribution is 2.35. The monoisotopic (exact) mass is 273 g/mol. The Morgan fingerprint density at radius 3 is 2.35 bits per heavy atom. The van der Waals surface area contributed by atoms with Crippen molar-refractivity contribution in [2.24, 2.45) is 11.8 Å². The molecule has 0 bridgehead atoms. The van der Waals surface area contributed by atoms with E-state index in [4.69, 9.17) is 5.84 Å². The summed E-state index contributed by atoms with van der Waals surface area (Å²) in [5, 5.41) is 0.